The van der Waals surface area contributed by atoms with Gasteiger partial charge in [-0.15, -0.1) is 0 Å². The molecule has 0 saturated carbocycles. The molecule has 23 heavy (non-hydrogen) atoms. The molecule has 0 radical (unpaired) electrons. The molecule has 0 saturated heterocycles. The summed E-state index contributed by atoms with van der Waals surface area (Å²) in [7, 11) is 0. The van der Waals surface area contributed by atoms with E-state index in [1.807, 2.05) is 0 Å². The van der Waals surface area contributed by atoms with Crippen LogP contribution in [-0.2, 0) is 15.8 Å². The maximum Gasteiger partial charge on any atom is 0.371 e. The Kier molecular flexibility index (Phi) is 5.94. The van der Waals surface area contributed by atoms with Gasteiger partial charge in [0, 0.05) is 23.6 Å². The quantitative estimate of drug-likeness (QED) is 0.334. The molecular formula is C12H11F4O6S-. The predicted octanol–water partition coefficient (Wildman–Crippen LogP) is 2.14. The Morgan fingerprint density at radius 1 is 1.17 bits per heavy atom. The largest absolute Gasteiger partial charge is 0.768 e. The molecule has 0 aliphatic rings. The number of aromatic hydroxyl groups is 2. The molecule has 1 aromatic carbocycles. The fourth-order valence-corrected chi connectivity index (χ4v) is 1.87. The third kappa shape index (κ3) is 4.79. The molecule has 0 fully saturated rings. The Balaban J connectivity index is 2.54. The first kappa shape index (κ1) is 19.2. The van der Waals surface area contributed by atoms with Crippen molar-refractivity contribution in [2.75, 3.05) is 6.61 Å². The van der Waals surface area contributed by atoms with Crippen molar-refractivity contribution in [1.82, 2.24) is 0 Å². The average molecular weight is 359 g/mol. The van der Waals surface area contributed by atoms with Gasteiger partial charge in [-0.05, 0) is 18.6 Å². The lowest BCUT2D eigenvalue weighted by molar-refractivity contribution is -0.163. The van der Waals surface area contributed by atoms with Crippen molar-refractivity contribution in [3.63, 3.8) is 0 Å². The molecule has 11 heteroatoms. The molecule has 0 heterocycles. The molecule has 1 atom stereocenters. The zero-order valence-corrected chi connectivity index (χ0v) is 12.1. The maximum absolute atomic E-state index is 13.1. The molecule has 0 aromatic heterocycles. The molecule has 1 rings (SSSR count). The molecule has 0 aliphatic heterocycles. The minimum absolute atomic E-state index is 0.278. The first-order valence-electron chi connectivity index (χ1n) is 6.02. The Morgan fingerprint density at radius 3 is 2.17 bits per heavy atom. The van der Waals surface area contributed by atoms with Crippen molar-refractivity contribution >= 4 is 17.0 Å². The van der Waals surface area contributed by atoms with Gasteiger partial charge in [-0.25, -0.2) is 4.79 Å². The highest BCUT2D eigenvalue weighted by atomic mass is 32.2. The summed E-state index contributed by atoms with van der Waals surface area (Å²) in [6.07, 6.45) is -2.25. The number of rotatable bonds is 7. The van der Waals surface area contributed by atoms with Gasteiger partial charge in [0.25, 0.3) is 0 Å². The zero-order chi connectivity index (χ0) is 17.8. The van der Waals surface area contributed by atoms with Gasteiger partial charge in [0.1, 0.15) is 11.5 Å². The van der Waals surface area contributed by atoms with E-state index in [9.17, 15) is 31.1 Å². The average Bonchev–Trinajstić information content (AvgIpc) is 2.41. The van der Waals surface area contributed by atoms with E-state index in [1.165, 1.54) is 0 Å². The molecule has 0 spiro atoms. The van der Waals surface area contributed by atoms with E-state index in [0.717, 1.165) is 18.2 Å². The molecule has 1 unspecified atom stereocenters. The Labute approximate surface area is 130 Å². The summed E-state index contributed by atoms with van der Waals surface area (Å²) in [4.78, 5) is 11.5. The van der Waals surface area contributed by atoms with E-state index in [1.54, 1.807) is 0 Å². The number of benzene rings is 1. The monoisotopic (exact) mass is 359 g/mol. The highest BCUT2D eigenvalue weighted by Gasteiger charge is 2.56. The van der Waals surface area contributed by atoms with Crippen LogP contribution in [0.1, 0.15) is 23.2 Å². The lowest BCUT2D eigenvalue weighted by Gasteiger charge is -2.27. The number of esters is 1. The first-order valence-corrected chi connectivity index (χ1v) is 7.10. The van der Waals surface area contributed by atoms with Crippen LogP contribution < -0.4 is 0 Å². The summed E-state index contributed by atoms with van der Waals surface area (Å²) in [6, 6.07) is 2.80. The number of carbonyl (C=O) groups is 1. The molecule has 6 nitrogen and oxygen atoms in total. The van der Waals surface area contributed by atoms with Crippen molar-refractivity contribution < 1.29 is 46.1 Å². The SMILES string of the molecule is O=C(OCCCC(F)(F)C(F)(F)S(=O)[O-])c1cc(O)cc(O)c1. The number of hydrogen-bond acceptors (Lipinski definition) is 6. The smallest absolute Gasteiger partial charge is 0.371 e. The fraction of sp³-hybridized carbons (Fsp3) is 0.417. The molecule has 0 amide bonds. The predicted molar refractivity (Wildman–Crippen MR) is 68.1 cm³/mol. The molecule has 1 aromatic rings. The number of phenolic OH excluding ortho intramolecular Hbond substituents is 2. The van der Waals surface area contributed by atoms with Crippen LogP contribution in [0.4, 0.5) is 17.6 Å². The summed E-state index contributed by atoms with van der Waals surface area (Å²) in [5, 5.41) is 13.1. The van der Waals surface area contributed by atoms with Crippen LogP contribution >= 0.6 is 0 Å². The van der Waals surface area contributed by atoms with Crippen LogP contribution in [-0.4, -0.2) is 42.7 Å². The number of ether oxygens (including phenoxy) is 1. The van der Waals surface area contributed by atoms with Crippen LogP contribution in [0, 0.1) is 0 Å². The second-order valence-corrected chi connectivity index (χ2v) is 5.42. The van der Waals surface area contributed by atoms with Crippen molar-refractivity contribution in [1.29, 1.82) is 0 Å². The minimum atomic E-state index is -5.23. The van der Waals surface area contributed by atoms with Crippen LogP contribution in [0.2, 0.25) is 0 Å². The Morgan fingerprint density at radius 2 is 1.70 bits per heavy atom. The highest BCUT2D eigenvalue weighted by molar-refractivity contribution is 7.80. The summed E-state index contributed by atoms with van der Waals surface area (Å²) in [5.41, 5.74) is -0.278. The number of alkyl halides is 4. The summed E-state index contributed by atoms with van der Waals surface area (Å²) in [6.45, 7) is -0.688. The van der Waals surface area contributed by atoms with Gasteiger partial charge in [-0.3, -0.25) is 4.21 Å². The Hall–Kier alpha value is -1.88. The number of hydrogen-bond donors (Lipinski definition) is 2. The minimum Gasteiger partial charge on any atom is -0.768 e. The van der Waals surface area contributed by atoms with Gasteiger partial charge in [-0.2, -0.15) is 17.6 Å². The third-order valence-corrected chi connectivity index (χ3v) is 3.36. The fourth-order valence-electron chi connectivity index (χ4n) is 1.52. The van der Waals surface area contributed by atoms with Crippen LogP contribution in [0.25, 0.3) is 0 Å². The van der Waals surface area contributed by atoms with Crippen molar-refractivity contribution in [3.8, 4) is 11.5 Å². The number of carbonyl (C=O) groups excluding carboxylic acids is 1. The number of halogens is 4. The lowest BCUT2D eigenvalue weighted by atomic mass is 10.2. The van der Waals surface area contributed by atoms with Crippen molar-refractivity contribution in [2.24, 2.45) is 0 Å². The third-order valence-electron chi connectivity index (χ3n) is 2.64. The zero-order valence-electron chi connectivity index (χ0n) is 11.3. The van der Waals surface area contributed by atoms with Gasteiger partial charge in [0.2, 0.25) is 0 Å². The summed E-state index contributed by atoms with van der Waals surface area (Å²) in [5.74, 6) is -6.78. The molecule has 0 bridgehead atoms. The standard InChI is InChI=1S/C12H12F4O6S/c13-11(14,12(15,16)23(20)21)2-1-3-22-10(19)7-4-8(17)6-9(18)5-7/h4-6,17-18H,1-3H2,(H,20,21)/p-1. The topological polar surface area (TPSA) is 107 Å². The molecular weight excluding hydrogens is 348 g/mol. The van der Waals surface area contributed by atoms with Gasteiger partial charge < -0.3 is 19.5 Å². The summed E-state index contributed by atoms with van der Waals surface area (Å²) < 4.78 is 76.3. The van der Waals surface area contributed by atoms with Crippen LogP contribution in [0.5, 0.6) is 11.5 Å². The highest BCUT2D eigenvalue weighted by Crippen LogP contribution is 2.39. The Bertz CT molecular complexity index is 587. The number of phenols is 2. The van der Waals surface area contributed by atoms with Crippen molar-refractivity contribution in [3.05, 3.63) is 23.8 Å². The van der Waals surface area contributed by atoms with E-state index >= 15 is 0 Å². The van der Waals surface area contributed by atoms with E-state index in [4.69, 9.17) is 10.2 Å². The van der Waals surface area contributed by atoms with Crippen LogP contribution in [0.15, 0.2) is 18.2 Å². The lowest BCUT2D eigenvalue weighted by Crippen LogP contribution is -2.44. The van der Waals surface area contributed by atoms with E-state index < -0.39 is 59.2 Å². The van der Waals surface area contributed by atoms with E-state index in [0.29, 0.717) is 0 Å². The van der Waals surface area contributed by atoms with Crippen molar-refractivity contribution in [2.45, 2.75) is 24.0 Å². The van der Waals surface area contributed by atoms with Gasteiger partial charge in [0.15, 0.2) is 0 Å². The second-order valence-electron chi connectivity index (χ2n) is 4.43. The van der Waals surface area contributed by atoms with Gasteiger partial charge in [0.05, 0.1) is 12.2 Å². The van der Waals surface area contributed by atoms with Crippen LogP contribution in [0.3, 0.4) is 0 Å². The first-order chi connectivity index (χ1) is 10.5. The second kappa shape index (κ2) is 7.13. The van der Waals surface area contributed by atoms with E-state index in [-0.39, 0.29) is 5.56 Å². The molecule has 0 aliphatic carbocycles. The van der Waals surface area contributed by atoms with Gasteiger partial charge in [-0.1, -0.05) is 0 Å². The molecule has 2 N–H and O–H groups in total. The van der Waals surface area contributed by atoms with Gasteiger partial charge >= 0.3 is 17.1 Å². The van der Waals surface area contributed by atoms with E-state index in [2.05, 4.69) is 4.74 Å². The maximum atomic E-state index is 13.1. The normalized spacial score (nSPS) is 13.6. The summed E-state index contributed by atoms with van der Waals surface area (Å²) >= 11 is -4.29. The molecule has 130 valence electrons.